The molecule has 2 aromatic rings. The highest BCUT2D eigenvalue weighted by atomic mass is 16.6. The Bertz CT molecular complexity index is 708. The van der Waals surface area contributed by atoms with Crippen molar-refractivity contribution < 1.29 is 14.3 Å². The van der Waals surface area contributed by atoms with Crippen LogP contribution in [-0.2, 0) is 22.6 Å². The number of rotatable bonds is 6. The van der Waals surface area contributed by atoms with E-state index >= 15 is 0 Å². The lowest BCUT2D eigenvalue weighted by Crippen LogP contribution is -2.49. The summed E-state index contributed by atoms with van der Waals surface area (Å²) < 4.78 is 11.1. The van der Waals surface area contributed by atoms with Crippen molar-refractivity contribution in [1.29, 1.82) is 0 Å². The third-order valence-electron chi connectivity index (χ3n) is 4.34. The molecule has 2 aromatic carbocycles. The molecule has 0 bridgehead atoms. The number of nitrogen functional groups attached to an aromatic ring is 1. The number of hydrogen-bond donors (Lipinski definition) is 2. The maximum Gasteiger partial charge on any atom is 0.410 e. The topological polar surface area (TPSA) is 76.8 Å². The van der Waals surface area contributed by atoms with E-state index in [9.17, 15) is 4.79 Å². The molecule has 138 valence electrons. The number of carbonyl (C=O) groups excluding carboxylic acids is 1. The first-order valence-electron chi connectivity index (χ1n) is 8.83. The Labute approximate surface area is 153 Å². The molecule has 6 nitrogen and oxygen atoms in total. The van der Waals surface area contributed by atoms with Crippen LogP contribution in [0.2, 0.25) is 0 Å². The van der Waals surface area contributed by atoms with E-state index in [0.717, 1.165) is 16.8 Å². The fourth-order valence-corrected chi connectivity index (χ4v) is 2.88. The molecular weight excluding hydrogens is 330 g/mol. The molecule has 1 saturated heterocycles. The number of nitrogens with one attached hydrogen (secondary N) is 1. The zero-order valence-electron chi connectivity index (χ0n) is 14.8. The number of morpholine rings is 1. The number of nitrogens with zero attached hydrogens (tertiary/aromatic N) is 1. The van der Waals surface area contributed by atoms with Crippen molar-refractivity contribution in [2.24, 2.45) is 0 Å². The molecule has 0 radical (unpaired) electrons. The Hall–Kier alpha value is -2.57. The van der Waals surface area contributed by atoms with Crippen molar-refractivity contribution >= 4 is 11.8 Å². The van der Waals surface area contributed by atoms with Gasteiger partial charge in [0.25, 0.3) is 0 Å². The van der Waals surface area contributed by atoms with Crippen molar-refractivity contribution in [2.75, 3.05) is 32.0 Å². The first kappa shape index (κ1) is 18.2. The van der Waals surface area contributed by atoms with Crippen LogP contribution in [0.25, 0.3) is 0 Å². The number of amides is 1. The molecule has 1 heterocycles. The number of anilines is 1. The predicted octanol–water partition coefficient (Wildman–Crippen LogP) is 2.40. The van der Waals surface area contributed by atoms with E-state index in [2.05, 4.69) is 5.32 Å². The summed E-state index contributed by atoms with van der Waals surface area (Å²) >= 11 is 0. The normalized spacial score (nSPS) is 17.1. The first-order chi connectivity index (χ1) is 12.7. The summed E-state index contributed by atoms with van der Waals surface area (Å²) in [4.78, 5) is 14.0. The molecule has 26 heavy (non-hydrogen) atoms. The van der Waals surface area contributed by atoms with E-state index in [1.54, 1.807) is 4.90 Å². The van der Waals surface area contributed by atoms with Gasteiger partial charge in [-0.15, -0.1) is 0 Å². The van der Waals surface area contributed by atoms with Gasteiger partial charge in [-0.25, -0.2) is 4.79 Å². The second-order valence-corrected chi connectivity index (χ2v) is 6.31. The quantitative estimate of drug-likeness (QED) is 0.778. The van der Waals surface area contributed by atoms with Gasteiger partial charge in [0.2, 0.25) is 0 Å². The van der Waals surface area contributed by atoms with Gasteiger partial charge < -0.3 is 25.4 Å². The van der Waals surface area contributed by atoms with Crippen molar-refractivity contribution in [3.05, 3.63) is 65.7 Å². The number of hydrogen-bond acceptors (Lipinski definition) is 5. The molecule has 1 atom stereocenters. The highest BCUT2D eigenvalue weighted by molar-refractivity contribution is 5.67. The monoisotopic (exact) mass is 355 g/mol. The van der Waals surface area contributed by atoms with Gasteiger partial charge in [0.1, 0.15) is 6.61 Å². The summed E-state index contributed by atoms with van der Waals surface area (Å²) in [5, 5.41) is 3.35. The van der Waals surface area contributed by atoms with E-state index in [1.807, 2.05) is 54.6 Å². The molecule has 0 saturated carbocycles. The molecule has 3 N–H and O–H groups in total. The van der Waals surface area contributed by atoms with Crippen LogP contribution in [0.5, 0.6) is 0 Å². The van der Waals surface area contributed by atoms with Gasteiger partial charge in [-0.05, 0) is 17.2 Å². The summed E-state index contributed by atoms with van der Waals surface area (Å²) in [6, 6.07) is 17.4. The van der Waals surface area contributed by atoms with E-state index in [1.165, 1.54) is 0 Å². The third-order valence-corrected chi connectivity index (χ3v) is 4.34. The van der Waals surface area contributed by atoms with E-state index in [0.29, 0.717) is 32.8 Å². The van der Waals surface area contributed by atoms with Crippen molar-refractivity contribution in [1.82, 2.24) is 10.2 Å². The SMILES string of the molecule is Nc1ccccc1CNCC1CN(C(=O)OCc2ccccc2)CCO1. The van der Waals surface area contributed by atoms with Crippen LogP contribution < -0.4 is 11.1 Å². The van der Waals surface area contributed by atoms with E-state index in [-0.39, 0.29) is 18.8 Å². The van der Waals surface area contributed by atoms with Crippen molar-refractivity contribution in [3.8, 4) is 0 Å². The molecular formula is C20H25N3O3. The molecule has 1 fully saturated rings. The molecule has 6 heteroatoms. The van der Waals surface area contributed by atoms with Gasteiger partial charge in [0, 0.05) is 25.3 Å². The second-order valence-electron chi connectivity index (χ2n) is 6.31. The Balaban J connectivity index is 1.42. The lowest BCUT2D eigenvalue weighted by Gasteiger charge is -2.32. The summed E-state index contributed by atoms with van der Waals surface area (Å²) in [5.74, 6) is 0. The first-order valence-corrected chi connectivity index (χ1v) is 8.83. The third kappa shape index (κ3) is 5.21. The number of ether oxygens (including phenoxy) is 2. The van der Waals surface area contributed by atoms with Crippen LogP contribution in [0.15, 0.2) is 54.6 Å². The minimum atomic E-state index is -0.297. The zero-order valence-corrected chi connectivity index (χ0v) is 14.8. The summed E-state index contributed by atoms with van der Waals surface area (Å²) in [6.45, 7) is 3.19. The van der Waals surface area contributed by atoms with Crippen LogP contribution in [0, 0.1) is 0 Å². The maximum absolute atomic E-state index is 12.3. The number of nitrogens with two attached hydrogens (primary N) is 1. The van der Waals surface area contributed by atoms with Crippen LogP contribution in [0.4, 0.5) is 10.5 Å². The lowest BCUT2D eigenvalue weighted by molar-refractivity contribution is -0.0271. The van der Waals surface area contributed by atoms with E-state index in [4.69, 9.17) is 15.2 Å². The van der Waals surface area contributed by atoms with Crippen molar-refractivity contribution in [2.45, 2.75) is 19.3 Å². The number of para-hydroxylation sites is 1. The highest BCUT2D eigenvalue weighted by Gasteiger charge is 2.25. The maximum atomic E-state index is 12.3. The van der Waals surface area contributed by atoms with Crippen LogP contribution >= 0.6 is 0 Å². The Morgan fingerprint density at radius 2 is 1.96 bits per heavy atom. The largest absolute Gasteiger partial charge is 0.445 e. The molecule has 1 unspecified atom stereocenters. The average molecular weight is 355 g/mol. The Morgan fingerprint density at radius 3 is 2.77 bits per heavy atom. The summed E-state index contributed by atoms with van der Waals surface area (Å²) in [6.07, 6.45) is -0.354. The van der Waals surface area contributed by atoms with Crippen LogP contribution in [-0.4, -0.2) is 43.3 Å². The molecule has 0 aromatic heterocycles. The average Bonchev–Trinajstić information content (AvgIpc) is 2.69. The van der Waals surface area contributed by atoms with Gasteiger partial charge >= 0.3 is 6.09 Å². The fourth-order valence-electron chi connectivity index (χ4n) is 2.88. The number of carbonyl (C=O) groups is 1. The second kappa shape index (κ2) is 9.22. The van der Waals surface area contributed by atoms with Gasteiger partial charge in [-0.2, -0.15) is 0 Å². The summed E-state index contributed by atoms with van der Waals surface area (Å²) in [5.41, 5.74) is 8.75. The minimum Gasteiger partial charge on any atom is -0.445 e. The van der Waals surface area contributed by atoms with Crippen molar-refractivity contribution in [3.63, 3.8) is 0 Å². The minimum absolute atomic E-state index is 0.0574. The molecule has 0 spiro atoms. The standard InChI is InChI=1S/C20H25N3O3/c21-19-9-5-4-8-17(19)12-22-13-18-14-23(10-11-25-18)20(24)26-15-16-6-2-1-3-7-16/h1-9,18,22H,10-15,21H2. The lowest BCUT2D eigenvalue weighted by atomic mass is 10.2. The van der Waals surface area contributed by atoms with Gasteiger partial charge in [0.15, 0.2) is 0 Å². The Morgan fingerprint density at radius 1 is 1.19 bits per heavy atom. The molecule has 0 aliphatic carbocycles. The smallest absolute Gasteiger partial charge is 0.410 e. The van der Waals surface area contributed by atoms with Crippen LogP contribution in [0.3, 0.4) is 0 Å². The fraction of sp³-hybridized carbons (Fsp3) is 0.350. The molecule has 1 amide bonds. The molecule has 1 aliphatic heterocycles. The van der Waals surface area contributed by atoms with Gasteiger partial charge in [0.05, 0.1) is 19.3 Å². The molecule has 1 aliphatic rings. The summed E-state index contributed by atoms with van der Waals surface area (Å²) in [7, 11) is 0. The zero-order chi connectivity index (χ0) is 18.2. The predicted molar refractivity (Wildman–Crippen MR) is 101 cm³/mol. The van der Waals surface area contributed by atoms with E-state index < -0.39 is 0 Å². The highest BCUT2D eigenvalue weighted by Crippen LogP contribution is 2.11. The number of benzene rings is 2. The Kier molecular flexibility index (Phi) is 6.46. The van der Waals surface area contributed by atoms with Gasteiger partial charge in [-0.1, -0.05) is 48.5 Å². The van der Waals surface area contributed by atoms with Crippen LogP contribution in [0.1, 0.15) is 11.1 Å². The molecule has 3 rings (SSSR count). The van der Waals surface area contributed by atoms with Gasteiger partial charge in [-0.3, -0.25) is 0 Å².